The number of carbonyl (C=O) groups excluding carboxylic acids is 1. The van der Waals surface area contributed by atoms with Crippen LogP contribution in [0.5, 0.6) is 5.75 Å². The Morgan fingerprint density at radius 2 is 1.77 bits per heavy atom. The molecule has 1 amide bonds. The predicted octanol–water partition coefficient (Wildman–Crippen LogP) is 4.16. The number of nitrogens with one attached hydrogen (secondary N) is 1. The third kappa shape index (κ3) is 5.33. The highest BCUT2D eigenvalue weighted by Crippen LogP contribution is 2.28. The van der Waals surface area contributed by atoms with Gasteiger partial charge in [-0.15, -0.1) is 0 Å². The molecule has 0 saturated carbocycles. The molecule has 2 rings (SSSR count). The molecule has 0 radical (unpaired) electrons. The quantitative estimate of drug-likeness (QED) is 0.652. The Bertz CT molecular complexity index is 1040. The molecule has 0 heterocycles. The minimum atomic E-state index is -3.88. The third-order valence-electron chi connectivity index (χ3n) is 5.16. The average Bonchev–Trinajstić information content (AvgIpc) is 2.68. The van der Waals surface area contributed by atoms with Gasteiger partial charge in [-0.2, -0.15) is 4.31 Å². The number of likely N-dealkylation sites (N-methyl/N-ethyl adjacent to an activating group) is 1. The Morgan fingerprint density at radius 1 is 1.13 bits per heavy atom. The van der Waals surface area contributed by atoms with Gasteiger partial charge in [0.15, 0.2) is 0 Å². The first-order valence-corrected chi connectivity index (χ1v) is 11.5. The number of benzene rings is 2. The molecule has 164 valence electrons. The molecule has 0 aromatic heterocycles. The lowest BCUT2D eigenvalue weighted by Crippen LogP contribution is -2.41. The number of hydrogen-bond donors (Lipinski definition) is 1. The monoisotopic (exact) mass is 452 g/mol. The van der Waals surface area contributed by atoms with E-state index in [9.17, 15) is 13.2 Å². The van der Waals surface area contributed by atoms with E-state index >= 15 is 0 Å². The Kier molecular flexibility index (Phi) is 7.91. The Balaban J connectivity index is 2.17. The number of halogens is 1. The lowest BCUT2D eigenvalue weighted by Gasteiger charge is -2.23. The molecule has 6 nitrogen and oxygen atoms in total. The van der Waals surface area contributed by atoms with Crippen molar-refractivity contribution >= 4 is 27.5 Å². The van der Waals surface area contributed by atoms with Crippen LogP contribution in [0.2, 0.25) is 5.02 Å². The highest BCUT2D eigenvalue weighted by Gasteiger charge is 2.27. The van der Waals surface area contributed by atoms with Crippen LogP contribution in [-0.2, 0) is 14.8 Å². The number of aryl methyl sites for hydroxylation is 3. The maximum Gasteiger partial charge on any atom is 0.243 e. The van der Waals surface area contributed by atoms with E-state index in [1.807, 2.05) is 27.7 Å². The fraction of sp³-hybridized carbons (Fsp3) is 0.409. The molecule has 2 aromatic carbocycles. The fourth-order valence-corrected chi connectivity index (χ4v) is 5.05. The Hall–Kier alpha value is -2.09. The van der Waals surface area contributed by atoms with Crippen molar-refractivity contribution < 1.29 is 17.9 Å². The van der Waals surface area contributed by atoms with Crippen LogP contribution in [0.15, 0.2) is 35.2 Å². The topological polar surface area (TPSA) is 75.7 Å². The van der Waals surface area contributed by atoms with Gasteiger partial charge in [0.2, 0.25) is 15.9 Å². The summed E-state index contributed by atoms with van der Waals surface area (Å²) >= 11 is 6.08. The van der Waals surface area contributed by atoms with Crippen molar-refractivity contribution in [3.63, 3.8) is 0 Å². The molecule has 0 saturated heterocycles. The largest absolute Gasteiger partial charge is 0.495 e. The third-order valence-corrected chi connectivity index (χ3v) is 7.37. The minimum Gasteiger partial charge on any atom is -0.495 e. The van der Waals surface area contributed by atoms with Gasteiger partial charge in [0.25, 0.3) is 0 Å². The summed E-state index contributed by atoms with van der Waals surface area (Å²) in [5, 5.41) is 3.10. The summed E-state index contributed by atoms with van der Waals surface area (Å²) in [5.74, 6) is 0.0131. The summed E-state index contributed by atoms with van der Waals surface area (Å²) in [7, 11) is -2.43. The molecular formula is C22H29ClN2O4S. The zero-order valence-electron chi connectivity index (χ0n) is 18.2. The van der Waals surface area contributed by atoms with Crippen molar-refractivity contribution in [1.82, 2.24) is 9.62 Å². The number of methoxy groups -OCH3 is 1. The van der Waals surface area contributed by atoms with Crippen LogP contribution >= 0.6 is 11.6 Å². The van der Waals surface area contributed by atoms with Gasteiger partial charge in [0, 0.05) is 6.54 Å². The van der Waals surface area contributed by atoms with E-state index in [2.05, 4.69) is 17.4 Å². The average molecular weight is 453 g/mol. The smallest absolute Gasteiger partial charge is 0.243 e. The van der Waals surface area contributed by atoms with Crippen molar-refractivity contribution in [2.45, 2.75) is 45.6 Å². The molecule has 1 N–H and O–H groups in total. The predicted molar refractivity (Wildman–Crippen MR) is 120 cm³/mol. The van der Waals surface area contributed by atoms with Gasteiger partial charge >= 0.3 is 0 Å². The Morgan fingerprint density at radius 3 is 2.33 bits per heavy atom. The standard InChI is InChI=1S/C22H29ClN2O4S/c1-7-25(30(27,28)18-8-9-21(29-6)20(23)12-18)13-22(26)24-17(5)19-11-15(3)14(2)10-16(19)4/h8-12,17H,7,13H2,1-6H3,(H,24,26). The van der Waals surface area contributed by atoms with Gasteiger partial charge in [-0.05, 0) is 68.1 Å². The zero-order chi connectivity index (χ0) is 22.6. The van der Waals surface area contributed by atoms with Crippen LogP contribution in [0.1, 0.15) is 42.1 Å². The molecule has 1 unspecified atom stereocenters. The summed E-state index contributed by atoms with van der Waals surface area (Å²) in [6, 6.07) is 8.15. The van der Waals surface area contributed by atoms with E-state index < -0.39 is 10.0 Å². The van der Waals surface area contributed by atoms with Crippen LogP contribution in [0.3, 0.4) is 0 Å². The van der Waals surface area contributed by atoms with E-state index in [-0.39, 0.29) is 35.0 Å². The molecule has 0 aliphatic carbocycles. The number of nitrogens with zero attached hydrogens (tertiary/aromatic N) is 1. The Labute approximate surface area is 184 Å². The summed E-state index contributed by atoms with van der Waals surface area (Å²) < 4.78 is 32.2. The first-order chi connectivity index (χ1) is 14.0. The van der Waals surface area contributed by atoms with E-state index in [0.29, 0.717) is 5.75 Å². The van der Waals surface area contributed by atoms with Crippen LogP contribution < -0.4 is 10.1 Å². The molecule has 0 spiro atoms. The molecular weight excluding hydrogens is 424 g/mol. The van der Waals surface area contributed by atoms with Crippen LogP contribution in [0.4, 0.5) is 0 Å². The molecule has 8 heteroatoms. The summed E-state index contributed by atoms with van der Waals surface area (Å²) in [4.78, 5) is 12.7. The lowest BCUT2D eigenvalue weighted by atomic mass is 9.96. The summed E-state index contributed by atoms with van der Waals surface area (Å²) in [6.45, 7) is 9.52. The van der Waals surface area contributed by atoms with Crippen LogP contribution in [0, 0.1) is 20.8 Å². The minimum absolute atomic E-state index is 0.0148. The second-order valence-corrected chi connectivity index (χ2v) is 9.65. The molecule has 0 aliphatic rings. The number of sulfonamides is 1. The first kappa shape index (κ1) is 24.2. The van der Waals surface area contributed by atoms with Gasteiger partial charge in [-0.1, -0.05) is 30.7 Å². The van der Waals surface area contributed by atoms with Gasteiger partial charge < -0.3 is 10.1 Å². The van der Waals surface area contributed by atoms with Crippen molar-refractivity contribution in [2.75, 3.05) is 20.2 Å². The second-order valence-electron chi connectivity index (χ2n) is 7.31. The normalized spacial score (nSPS) is 12.7. The highest BCUT2D eigenvalue weighted by atomic mass is 35.5. The van der Waals surface area contributed by atoms with E-state index in [0.717, 1.165) is 21.0 Å². The zero-order valence-corrected chi connectivity index (χ0v) is 19.8. The van der Waals surface area contributed by atoms with Gasteiger partial charge in [-0.3, -0.25) is 4.79 Å². The number of hydrogen-bond acceptors (Lipinski definition) is 4. The summed E-state index contributed by atoms with van der Waals surface area (Å²) in [6.07, 6.45) is 0. The highest BCUT2D eigenvalue weighted by molar-refractivity contribution is 7.89. The van der Waals surface area contributed by atoms with E-state index in [4.69, 9.17) is 16.3 Å². The van der Waals surface area contributed by atoms with Crippen LogP contribution in [0.25, 0.3) is 0 Å². The van der Waals surface area contributed by atoms with Crippen LogP contribution in [-0.4, -0.2) is 38.8 Å². The molecule has 0 fully saturated rings. The SMILES string of the molecule is CCN(CC(=O)NC(C)c1cc(C)c(C)cc1C)S(=O)(=O)c1ccc(OC)c(Cl)c1. The first-order valence-electron chi connectivity index (χ1n) is 9.72. The van der Waals surface area contributed by atoms with Crippen molar-refractivity contribution in [2.24, 2.45) is 0 Å². The van der Waals surface area contributed by atoms with Crippen molar-refractivity contribution in [3.05, 3.63) is 57.6 Å². The van der Waals surface area contributed by atoms with Crippen molar-refractivity contribution in [1.29, 1.82) is 0 Å². The molecule has 2 aromatic rings. The molecule has 0 aliphatic heterocycles. The van der Waals surface area contributed by atoms with Gasteiger partial charge in [0.1, 0.15) is 5.75 Å². The lowest BCUT2D eigenvalue weighted by molar-refractivity contribution is -0.121. The van der Waals surface area contributed by atoms with Gasteiger partial charge in [-0.25, -0.2) is 8.42 Å². The number of carbonyl (C=O) groups is 1. The maximum atomic E-state index is 13.0. The number of rotatable bonds is 8. The number of amides is 1. The van der Waals surface area contributed by atoms with Gasteiger partial charge in [0.05, 0.1) is 29.6 Å². The fourth-order valence-electron chi connectivity index (χ4n) is 3.30. The van der Waals surface area contributed by atoms with E-state index in [1.165, 1.54) is 30.9 Å². The van der Waals surface area contributed by atoms with E-state index in [1.54, 1.807) is 6.92 Å². The molecule has 30 heavy (non-hydrogen) atoms. The number of ether oxygens (including phenoxy) is 1. The second kappa shape index (κ2) is 9.81. The maximum absolute atomic E-state index is 13.0. The molecule has 0 bridgehead atoms. The van der Waals surface area contributed by atoms with Crippen molar-refractivity contribution in [3.8, 4) is 5.75 Å². The summed E-state index contributed by atoms with van der Waals surface area (Å²) in [5.41, 5.74) is 4.43. The molecule has 1 atom stereocenters.